The zero-order valence-electron chi connectivity index (χ0n) is 31.7. The third-order valence-electron chi connectivity index (χ3n) is 12.4. The highest BCUT2D eigenvalue weighted by molar-refractivity contribution is 7.20. The van der Waals surface area contributed by atoms with E-state index in [-0.39, 0.29) is 0 Å². The van der Waals surface area contributed by atoms with Crippen molar-refractivity contribution in [1.82, 2.24) is 14.1 Å². The summed E-state index contributed by atoms with van der Waals surface area (Å²) in [6.07, 6.45) is 0. The minimum Gasteiger partial charge on any atom is -0.353 e. The van der Waals surface area contributed by atoms with Gasteiger partial charge in [-0.25, -0.2) is 0 Å². The molecular weight excluding hydrogens is 719 g/mol. The van der Waals surface area contributed by atoms with Gasteiger partial charge in [0.25, 0.3) is 0 Å². The first kappa shape index (κ1) is 32.8. The molecule has 12 rings (SSSR count). The van der Waals surface area contributed by atoms with Gasteiger partial charge in [0.2, 0.25) is 0 Å². The van der Waals surface area contributed by atoms with E-state index in [1.807, 2.05) is 0 Å². The summed E-state index contributed by atoms with van der Waals surface area (Å²) in [6.45, 7) is 0. The molecule has 0 bridgehead atoms. The molecule has 0 spiro atoms. The van der Waals surface area contributed by atoms with E-state index in [4.69, 9.17) is 0 Å². The van der Waals surface area contributed by atoms with Gasteiger partial charge in [-0.05, 0) is 69.3 Å². The fourth-order valence-corrected chi connectivity index (χ4v) is 14.7. The quantitative estimate of drug-likeness (QED) is 0.129. The minimum atomic E-state index is -2.96. The molecule has 0 fully saturated rings. The van der Waals surface area contributed by atoms with Crippen LogP contribution in [0.15, 0.2) is 218 Å². The third-order valence-corrected chi connectivity index (χ3v) is 17.1. The number of aromatic amines is 1. The van der Waals surface area contributed by atoms with Gasteiger partial charge in [-0.15, -0.1) is 0 Å². The van der Waals surface area contributed by atoms with Crippen LogP contribution in [0.3, 0.4) is 0 Å². The Kier molecular flexibility index (Phi) is 7.25. The number of nitrogens with one attached hydrogen (secondary N) is 1. The van der Waals surface area contributed by atoms with Crippen LogP contribution in [0.2, 0.25) is 0 Å². The summed E-state index contributed by atoms with van der Waals surface area (Å²) in [5.74, 6) is 0. The van der Waals surface area contributed by atoms with E-state index in [2.05, 4.69) is 233 Å². The Labute approximate surface area is 336 Å². The number of fused-ring (bicyclic) bond motifs is 10. The highest BCUT2D eigenvalue weighted by Crippen LogP contribution is 2.39. The average molecular weight is 756 g/mol. The predicted molar refractivity (Wildman–Crippen MR) is 248 cm³/mol. The van der Waals surface area contributed by atoms with E-state index in [0.29, 0.717) is 0 Å². The summed E-state index contributed by atoms with van der Waals surface area (Å²) in [4.78, 5) is 3.85. The van der Waals surface area contributed by atoms with Crippen molar-refractivity contribution in [3.63, 3.8) is 0 Å². The minimum absolute atomic E-state index is 1.15. The maximum absolute atomic E-state index is 3.85. The monoisotopic (exact) mass is 755 g/mol. The van der Waals surface area contributed by atoms with E-state index in [9.17, 15) is 0 Å². The fraction of sp³-hybridized carbons (Fsp3) is 0. The molecule has 3 aromatic heterocycles. The maximum atomic E-state index is 3.85. The molecule has 272 valence electrons. The number of rotatable bonds is 6. The zero-order chi connectivity index (χ0) is 38.2. The van der Waals surface area contributed by atoms with Crippen molar-refractivity contribution in [2.45, 2.75) is 0 Å². The predicted octanol–water partition coefficient (Wildman–Crippen LogP) is 10.9. The molecule has 0 aliphatic carbocycles. The van der Waals surface area contributed by atoms with Crippen LogP contribution in [-0.2, 0) is 0 Å². The van der Waals surface area contributed by atoms with Gasteiger partial charge in [0.1, 0.15) is 0 Å². The van der Waals surface area contributed by atoms with Crippen LogP contribution in [0, 0.1) is 0 Å². The van der Waals surface area contributed by atoms with Gasteiger partial charge in [-0.3, -0.25) is 0 Å². The smallest absolute Gasteiger partial charge is 0.179 e. The molecule has 3 heterocycles. The highest BCUT2D eigenvalue weighted by atomic mass is 28.3. The molecular formula is C54H37N3Si. The lowest BCUT2D eigenvalue weighted by molar-refractivity contribution is 1.18. The number of nitrogens with zero attached hydrogens (tertiary/aromatic N) is 2. The Hall–Kier alpha value is -7.40. The van der Waals surface area contributed by atoms with Crippen LogP contribution in [0.4, 0.5) is 0 Å². The summed E-state index contributed by atoms with van der Waals surface area (Å²) in [6, 6.07) is 81.1. The molecule has 4 heteroatoms. The third kappa shape index (κ3) is 4.67. The number of H-pyrrole nitrogens is 1. The molecule has 0 saturated heterocycles. The lowest BCUT2D eigenvalue weighted by Gasteiger charge is -2.35. The van der Waals surface area contributed by atoms with Crippen molar-refractivity contribution in [3.05, 3.63) is 218 Å². The van der Waals surface area contributed by atoms with Gasteiger partial charge in [0.05, 0.1) is 27.6 Å². The van der Waals surface area contributed by atoms with Gasteiger partial charge in [0, 0.05) is 49.2 Å². The fourth-order valence-electron chi connectivity index (χ4n) is 9.95. The zero-order valence-corrected chi connectivity index (χ0v) is 32.7. The van der Waals surface area contributed by atoms with Crippen molar-refractivity contribution in [2.75, 3.05) is 0 Å². The van der Waals surface area contributed by atoms with Crippen LogP contribution < -0.4 is 20.7 Å². The van der Waals surface area contributed by atoms with E-state index >= 15 is 0 Å². The number of para-hydroxylation sites is 4. The standard InChI is InChI=1S/C54H37N3Si/c1-4-17-37(18-5-1)56-50-29-14-12-27-45(50)48-36-42(31-34-52(48)56)58(39-20-6-2-7-21-39,40-22-8-3-9-23-40)41-24-16-19-38(35-41)57-51-30-15-11-26-44(51)47-33-32-46-43-25-10-13-28-49(43)55-53(46)54(47)57/h1-36,55H. The Balaban J connectivity index is 1.18. The van der Waals surface area contributed by atoms with Crippen molar-refractivity contribution < 1.29 is 0 Å². The van der Waals surface area contributed by atoms with Crippen LogP contribution in [0.25, 0.3) is 76.8 Å². The Bertz CT molecular complexity index is 3460. The van der Waals surface area contributed by atoms with Crippen LogP contribution in [0.5, 0.6) is 0 Å². The molecule has 0 amide bonds. The average Bonchev–Trinajstić information content (AvgIpc) is 3.96. The maximum Gasteiger partial charge on any atom is 0.179 e. The van der Waals surface area contributed by atoms with Crippen LogP contribution in [0.1, 0.15) is 0 Å². The van der Waals surface area contributed by atoms with Gasteiger partial charge < -0.3 is 14.1 Å². The van der Waals surface area contributed by atoms with Crippen molar-refractivity contribution in [3.8, 4) is 11.4 Å². The van der Waals surface area contributed by atoms with E-state index in [1.165, 1.54) is 80.8 Å². The normalized spacial score (nSPS) is 12.1. The van der Waals surface area contributed by atoms with Gasteiger partial charge >= 0.3 is 0 Å². The largest absolute Gasteiger partial charge is 0.353 e. The second kappa shape index (κ2) is 12.8. The van der Waals surface area contributed by atoms with Crippen LogP contribution in [-0.4, -0.2) is 22.2 Å². The van der Waals surface area contributed by atoms with Crippen molar-refractivity contribution in [2.24, 2.45) is 0 Å². The molecule has 12 aromatic rings. The summed E-state index contributed by atoms with van der Waals surface area (Å²) < 4.78 is 4.91. The first-order chi connectivity index (χ1) is 28.8. The molecule has 3 nitrogen and oxygen atoms in total. The molecule has 1 N–H and O–H groups in total. The molecule has 58 heavy (non-hydrogen) atoms. The van der Waals surface area contributed by atoms with E-state index in [1.54, 1.807) is 0 Å². The van der Waals surface area contributed by atoms with Crippen molar-refractivity contribution >= 4 is 94.2 Å². The first-order valence-corrected chi connectivity index (χ1v) is 22.0. The Morgan fingerprint density at radius 2 is 0.828 bits per heavy atom. The summed E-state index contributed by atoms with van der Waals surface area (Å²) in [7, 11) is -2.96. The summed E-state index contributed by atoms with van der Waals surface area (Å²) in [5.41, 5.74) is 9.45. The first-order valence-electron chi connectivity index (χ1n) is 20.0. The molecule has 0 saturated carbocycles. The second-order valence-corrected chi connectivity index (χ2v) is 19.2. The molecule has 0 aliphatic rings. The number of hydrogen-bond acceptors (Lipinski definition) is 0. The summed E-state index contributed by atoms with van der Waals surface area (Å²) >= 11 is 0. The van der Waals surface area contributed by atoms with Gasteiger partial charge in [0.15, 0.2) is 8.07 Å². The SMILES string of the molecule is c1ccc(-n2c3ccccc3c3cc([Si](c4ccccc4)(c4ccccc4)c4cccc(-n5c6ccccc6c6ccc7c8ccccc8[nH]c7c65)c4)ccc32)cc1. The number of hydrogen-bond donors (Lipinski definition) is 1. The van der Waals surface area contributed by atoms with Gasteiger partial charge in [-0.2, -0.15) is 0 Å². The van der Waals surface area contributed by atoms with Gasteiger partial charge in [-0.1, -0.05) is 170 Å². The molecule has 0 atom stereocenters. The lowest BCUT2D eigenvalue weighted by atomic mass is 10.1. The Morgan fingerprint density at radius 1 is 0.310 bits per heavy atom. The highest BCUT2D eigenvalue weighted by Gasteiger charge is 2.42. The lowest BCUT2D eigenvalue weighted by Crippen LogP contribution is -2.74. The van der Waals surface area contributed by atoms with Crippen molar-refractivity contribution in [1.29, 1.82) is 0 Å². The van der Waals surface area contributed by atoms with E-state index < -0.39 is 8.07 Å². The molecule has 0 unspecified atom stereocenters. The molecule has 0 aliphatic heterocycles. The molecule has 9 aromatic carbocycles. The second-order valence-electron chi connectivity index (χ2n) is 15.4. The number of aromatic nitrogens is 3. The molecule has 0 radical (unpaired) electrons. The summed E-state index contributed by atoms with van der Waals surface area (Å²) in [5, 5.41) is 12.9. The Morgan fingerprint density at radius 3 is 1.55 bits per heavy atom. The van der Waals surface area contributed by atoms with Crippen LogP contribution >= 0.6 is 0 Å². The number of benzene rings is 9. The topological polar surface area (TPSA) is 25.6 Å². The van der Waals surface area contributed by atoms with E-state index in [0.717, 1.165) is 16.7 Å².